The van der Waals surface area contributed by atoms with E-state index in [-0.39, 0.29) is 18.5 Å². The van der Waals surface area contributed by atoms with Crippen LogP contribution in [0.2, 0.25) is 0 Å². The zero-order valence-electron chi connectivity index (χ0n) is 26.8. The summed E-state index contributed by atoms with van der Waals surface area (Å²) in [6.45, 7) is 9.49. The number of morpholine rings is 1. The van der Waals surface area contributed by atoms with Gasteiger partial charge in [0.25, 0.3) is 5.91 Å². The summed E-state index contributed by atoms with van der Waals surface area (Å²) < 4.78 is 27.5. The Labute approximate surface area is 259 Å². The summed E-state index contributed by atoms with van der Waals surface area (Å²) in [5.41, 5.74) is 1.78. The minimum atomic E-state index is -0.469. The van der Waals surface area contributed by atoms with Gasteiger partial charge < -0.3 is 33.9 Å². The van der Waals surface area contributed by atoms with Gasteiger partial charge in [-0.05, 0) is 50.6 Å². The molecule has 12 heteroatoms. The van der Waals surface area contributed by atoms with Gasteiger partial charge in [0.05, 0.1) is 53.4 Å². The van der Waals surface area contributed by atoms with Crippen molar-refractivity contribution >= 4 is 17.6 Å². The molecule has 2 heterocycles. The zero-order valence-corrected chi connectivity index (χ0v) is 26.8. The minimum Gasteiger partial charge on any atom is -0.497 e. The molecular formula is C32H45N5O7. The first kappa shape index (κ1) is 32.9. The fraction of sp³-hybridized carbons (Fsp3) is 0.531. The number of benzene rings is 2. The fourth-order valence-electron chi connectivity index (χ4n) is 5.23. The average Bonchev–Trinajstić information content (AvgIpc) is 3.47. The summed E-state index contributed by atoms with van der Waals surface area (Å²) in [6.07, 6.45) is 0.422. The van der Waals surface area contributed by atoms with Crippen molar-refractivity contribution in [1.29, 1.82) is 0 Å². The van der Waals surface area contributed by atoms with Gasteiger partial charge in [0.2, 0.25) is 0 Å². The van der Waals surface area contributed by atoms with Crippen LogP contribution < -0.4 is 24.3 Å². The first-order valence-corrected chi connectivity index (χ1v) is 14.8. The molecule has 2 aliphatic rings. The van der Waals surface area contributed by atoms with Crippen LogP contribution in [0.5, 0.6) is 23.0 Å². The topological polar surface area (TPSA) is 114 Å². The van der Waals surface area contributed by atoms with Crippen LogP contribution in [0, 0.1) is 0 Å². The predicted molar refractivity (Wildman–Crippen MR) is 167 cm³/mol. The fourth-order valence-corrected chi connectivity index (χ4v) is 5.23. The van der Waals surface area contributed by atoms with Gasteiger partial charge in [-0.1, -0.05) is 6.07 Å². The summed E-state index contributed by atoms with van der Waals surface area (Å²) in [5, 5.41) is 9.33. The van der Waals surface area contributed by atoms with Gasteiger partial charge in [-0.3, -0.25) is 9.69 Å². The third-order valence-corrected chi connectivity index (χ3v) is 7.56. The molecule has 240 valence electrons. The molecule has 0 radical (unpaired) electrons. The maximum absolute atomic E-state index is 14.1. The van der Waals surface area contributed by atoms with Gasteiger partial charge in [-0.2, -0.15) is 5.10 Å². The molecule has 0 aromatic heterocycles. The molecule has 12 nitrogen and oxygen atoms in total. The Bertz CT molecular complexity index is 1340. The van der Waals surface area contributed by atoms with Crippen LogP contribution in [-0.2, 0) is 9.53 Å². The lowest BCUT2D eigenvalue weighted by molar-refractivity contribution is -0.133. The van der Waals surface area contributed by atoms with Crippen LogP contribution in [0.1, 0.15) is 44.4 Å². The molecule has 0 saturated carbocycles. The van der Waals surface area contributed by atoms with E-state index < -0.39 is 11.6 Å². The van der Waals surface area contributed by atoms with Gasteiger partial charge in [0, 0.05) is 49.8 Å². The number of nitrogens with one attached hydrogen (secondary N) is 1. The first-order chi connectivity index (χ1) is 21.1. The van der Waals surface area contributed by atoms with Crippen LogP contribution >= 0.6 is 0 Å². The molecule has 3 amide bonds. The van der Waals surface area contributed by atoms with Crippen LogP contribution in [0.25, 0.3) is 0 Å². The Morgan fingerprint density at radius 3 is 2.30 bits per heavy atom. The largest absolute Gasteiger partial charge is 0.497 e. The van der Waals surface area contributed by atoms with Crippen molar-refractivity contribution in [2.45, 2.75) is 38.8 Å². The number of carbonyl (C=O) groups excluding carboxylic acids is 2. The van der Waals surface area contributed by atoms with E-state index in [1.807, 2.05) is 51.1 Å². The Morgan fingerprint density at radius 2 is 1.66 bits per heavy atom. The van der Waals surface area contributed by atoms with Crippen LogP contribution in [0.15, 0.2) is 41.5 Å². The van der Waals surface area contributed by atoms with Crippen molar-refractivity contribution in [2.75, 3.05) is 74.4 Å². The van der Waals surface area contributed by atoms with E-state index in [0.717, 1.165) is 24.2 Å². The van der Waals surface area contributed by atoms with Crippen molar-refractivity contribution in [3.8, 4) is 23.0 Å². The van der Waals surface area contributed by atoms with Gasteiger partial charge in [-0.25, -0.2) is 9.80 Å². The molecule has 0 bridgehead atoms. The number of amides is 3. The Morgan fingerprint density at radius 1 is 0.955 bits per heavy atom. The van der Waals surface area contributed by atoms with Crippen molar-refractivity contribution < 1.29 is 33.3 Å². The van der Waals surface area contributed by atoms with E-state index in [2.05, 4.69) is 10.2 Å². The number of hydrogen-bond acceptors (Lipinski definition) is 9. The molecule has 0 spiro atoms. The lowest BCUT2D eigenvalue weighted by atomic mass is 9.97. The van der Waals surface area contributed by atoms with E-state index in [9.17, 15) is 9.59 Å². The van der Waals surface area contributed by atoms with Gasteiger partial charge in [-0.15, -0.1) is 0 Å². The number of methoxy groups -OCH3 is 4. The SMILES string of the molecule is COc1ccc(C2=NN(C(=O)CN(CCN3CCOCC3)C(=O)NC(C)(C)C)C(c3ccc(OC)c(OC)c3)C2)c(OC)c1. The Hall–Kier alpha value is -4.03. The lowest BCUT2D eigenvalue weighted by Crippen LogP contribution is -2.53. The predicted octanol–water partition coefficient (Wildman–Crippen LogP) is 3.54. The van der Waals surface area contributed by atoms with Crippen molar-refractivity contribution in [1.82, 2.24) is 20.1 Å². The van der Waals surface area contributed by atoms with E-state index in [0.29, 0.717) is 61.4 Å². The smallest absolute Gasteiger partial charge is 0.318 e. The third kappa shape index (κ3) is 8.11. The number of hydrazone groups is 1. The molecule has 44 heavy (non-hydrogen) atoms. The molecule has 2 aromatic carbocycles. The quantitative estimate of drug-likeness (QED) is 0.411. The van der Waals surface area contributed by atoms with Gasteiger partial charge in [0.1, 0.15) is 18.0 Å². The maximum Gasteiger partial charge on any atom is 0.318 e. The molecule has 1 fully saturated rings. The molecule has 1 saturated heterocycles. The molecule has 1 N–H and O–H groups in total. The van der Waals surface area contributed by atoms with Crippen LogP contribution in [0.4, 0.5) is 4.79 Å². The highest BCUT2D eigenvalue weighted by Crippen LogP contribution is 2.39. The summed E-state index contributed by atoms with van der Waals surface area (Å²) >= 11 is 0. The molecule has 1 unspecified atom stereocenters. The highest BCUT2D eigenvalue weighted by atomic mass is 16.5. The summed E-state index contributed by atoms with van der Waals surface area (Å²) in [5.74, 6) is 2.05. The Balaban J connectivity index is 1.66. The van der Waals surface area contributed by atoms with Crippen molar-refractivity contribution in [3.63, 3.8) is 0 Å². The first-order valence-electron chi connectivity index (χ1n) is 14.8. The summed E-state index contributed by atoms with van der Waals surface area (Å²) in [4.78, 5) is 31.4. The highest BCUT2D eigenvalue weighted by Gasteiger charge is 2.36. The van der Waals surface area contributed by atoms with Gasteiger partial charge >= 0.3 is 6.03 Å². The van der Waals surface area contributed by atoms with E-state index in [1.165, 1.54) is 5.01 Å². The van der Waals surface area contributed by atoms with E-state index >= 15 is 0 Å². The zero-order chi connectivity index (χ0) is 31.9. The number of rotatable bonds is 11. The van der Waals surface area contributed by atoms with Crippen LogP contribution in [-0.4, -0.2) is 112 Å². The maximum atomic E-state index is 14.1. The highest BCUT2D eigenvalue weighted by molar-refractivity contribution is 6.05. The third-order valence-electron chi connectivity index (χ3n) is 7.56. The van der Waals surface area contributed by atoms with E-state index in [1.54, 1.807) is 39.4 Å². The minimum absolute atomic E-state index is 0.146. The lowest BCUT2D eigenvalue weighted by Gasteiger charge is -2.33. The summed E-state index contributed by atoms with van der Waals surface area (Å²) in [7, 11) is 6.33. The van der Waals surface area contributed by atoms with Crippen molar-refractivity contribution in [2.24, 2.45) is 5.10 Å². The standard InChI is InChI=1S/C32H45N5O7/c1-32(2,3)33-31(39)36(13-12-35-14-16-44-17-15-35)21-30(38)37-26(22-8-11-27(41-5)29(18-22)43-7)20-25(34-37)24-10-9-23(40-4)19-28(24)42-6/h8-11,18-19,26H,12-17,20-21H2,1-7H3,(H,33,39). The number of nitrogens with zero attached hydrogens (tertiary/aromatic N) is 4. The molecule has 0 aliphatic carbocycles. The average molecular weight is 612 g/mol. The monoisotopic (exact) mass is 611 g/mol. The Kier molecular flexibility index (Phi) is 10.9. The number of urea groups is 1. The normalized spacial score (nSPS) is 17.1. The second-order valence-electron chi connectivity index (χ2n) is 11.7. The molecular weight excluding hydrogens is 566 g/mol. The van der Waals surface area contributed by atoms with Gasteiger partial charge in [0.15, 0.2) is 11.5 Å². The number of ether oxygens (including phenoxy) is 5. The van der Waals surface area contributed by atoms with Crippen molar-refractivity contribution in [3.05, 3.63) is 47.5 Å². The second kappa shape index (κ2) is 14.6. The number of carbonyl (C=O) groups is 2. The molecule has 4 rings (SSSR count). The molecule has 2 aliphatic heterocycles. The van der Waals surface area contributed by atoms with Crippen LogP contribution in [0.3, 0.4) is 0 Å². The molecule has 1 atom stereocenters. The second-order valence-corrected chi connectivity index (χ2v) is 11.7. The summed E-state index contributed by atoms with van der Waals surface area (Å²) in [6, 6.07) is 10.3. The molecule has 2 aromatic rings. The van der Waals surface area contributed by atoms with E-state index in [4.69, 9.17) is 28.8 Å². The number of hydrogen-bond donors (Lipinski definition) is 1.